The molecule has 0 bridgehead atoms. The number of anilines is 2. The van der Waals surface area contributed by atoms with E-state index in [1.165, 1.54) is 6.07 Å². The lowest BCUT2D eigenvalue weighted by Gasteiger charge is -2.15. The first-order valence-electron chi connectivity index (χ1n) is 8.87. The van der Waals surface area contributed by atoms with Crippen molar-refractivity contribution >= 4 is 51.7 Å². The van der Waals surface area contributed by atoms with Crippen LogP contribution in [0.25, 0.3) is 0 Å². The van der Waals surface area contributed by atoms with E-state index < -0.39 is 42.7 Å². The molecule has 1 aliphatic rings. The number of nitrogens with zero attached hydrogens (tertiary/aromatic N) is 2. The Morgan fingerprint density at radius 3 is 2.63 bits per heavy atom. The van der Waals surface area contributed by atoms with Gasteiger partial charge in [-0.3, -0.25) is 29.4 Å². The first kappa shape index (κ1) is 21.1. The van der Waals surface area contributed by atoms with Gasteiger partial charge < -0.3 is 9.47 Å². The first-order chi connectivity index (χ1) is 14.3. The van der Waals surface area contributed by atoms with E-state index in [4.69, 9.17) is 9.47 Å². The lowest BCUT2D eigenvalue weighted by molar-refractivity contribution is -0.146. The summed E-state index contributed by atoms with van der Waals surface area (Å²) in [5.74, 6) is -3.60. The van der Waals surface area contributed by atoms with Gasteiger partial charge in [0.2, 0.25) is 0 Å². The SMILES string of the molecule is CCOC(=O)c1sc(NC(=O)COC(=O)CN2C(=O)C(=O)c3ccccc32)nc1C. The van der Waals surface area contributed by atoms with Gasteiger partial charge in [-0.15, -0.1) is 0 Å². The Morgan fingerprint density at radius 1 is 1.17 bits per heavy atom. The second kappa shape index (κ2) is 8.82. The third-order valence-electron chi connectivity index (χ3n) is 4.03. The van der Waals surface area contributed by atoms with Crippen LogP contribution in [-0.4, -0.2) is 54.3 Å². The average molecular weight is 431 g/mol. The number of fused-ring (bicyclic) bond motifs is 1. The molecule has 3 rings (SSSR count). The summed E-state index contributed by atoms with van der Waals surface area (Å²) in [6.45, 7) is 2.37. The van der Waals surface area contributed by atoms with E-state index in [1.54, 1.807) is 32.0 Å². The van der Waals surface area contributed by atoms with Crippen molar-refractivity contribution < 1.29 is 33.4 Å². The van der Waals surface area contributed by atoms with Crippen LogP contribution < -0.4 is 10.2 Å². The lowest BCUT2D eigenvalue weighted by Crippen LogP contribution is -2.36. The van der Waals surface area contributed by atoms with Crippen LogP contribution in [0.15, 0.2) is 24.3 Å². The van der Waals surface area contributed by atoms with Gasteiger partial charge in [-0.05, 0) is 26.0 Å². The van der Waals surface area contributed by atoms with Crippen LogP contribution in [0.5, 0.6) is 0 Å². The molecule has 0 spiro atoms. The zero-order valence-corrected chi connectivity index (χ0v) is 16.9. The number of hydrogen-bond donors (Lipinski definition) is 1. The number of ether oxygens (including phenoxy) is 2. The third kappa shape index (κ3) is 4.35. The highest BCUT2D eigenvalue weighted by Crippen LogP contribution is 2.28. The highest BCUT2D eigenvalue weighted by molar-refractivity contribution is 7.17. The summed E-state index contributed by atoms with van der Waals surface area (Å²) in [5, 5.41) is 2.59. The highest BCUT2D eigenvalue weighted by atomic mass is 32.1. The van der Waals surface area contributed by atoms with Crippen LogP contribution in [0.1, 0.15) is 32.6 Å². The molecule has 1 aliphatic heterocycles. The van der Waals surface area contributed by atoms with Crippen LogP contribution in [0.2, 0.25) is 0 Å². The number of aryl methyl sites for hydroxylation is 1. The maximum atomic E-state index is 12.1. The monoisotopic (exact) mass is 431 g/mol. The van der Waals surface area contributed by atoms with Crippen LogP contribution in [-0.2, 0) is 23.9 Å². The molecule has 30 heavy (non-hydrogen) atoms. The number of ketones is 1. The molecule has 1 N–H and O–H groups in total. The molecule has 2 amide bonds. The van der Waals surface area contributed by atoms with Crippen molar-refractivity contribution in [2.45, 2.75) is 13.8 Å². The van der Waals surface area contributed by atoms with Crippen molar-refractivity contribution in [3.63, 3.8) is 0 Å². The fraction of sp³-hybridized carbons (Fsp3) is 0.263. The molecule has 2 heterocycles. The highest BCUT2D eigenvalue weighted by Gasteiger charge is 2.36. The topological polar surface area (TPSA) is 132 Å². The molecular weight excluding hydrogens is 414 g/mol. The lowest BCUT2D eigenvalue weighted by atomic mass is 10.1. The fourth-order valence-electron chi connectivity index (χ4n) is 2.72. The van der Waals surface area contributed by atoms with E-state index in [1.807, 2.05) is 0 Å². The molecular formula is C19H17N3O7S. The minimum atomic E-state index is -0.856. The van der Waals surface area contributed by atoms with E-state index in [-0.39, 0.29) is 22.2 Å². The van der Waals surface area contributed by atoms with Crippen molar-refractivity contribution in [1.29, 1.82) is 0 Å². The molecule has 156 valence electrons. The minimum absolute atomic E-state index is 0.158. The van der Waals surface area contributed by atoms with Gasteiger partial charge in [-0.1, -0.05) is 23.5 Å². The van der Waals surface area contributed by atoms with Gasteiger partial charge in [-0.25, -0.2) is 9.78 Å². The molecule has 0 aliphatic carbocycles. The van der Waals surface area contributed by atoms with Crippen molar-refractivity contribution in [2.75, 3.05) is 30.0 Å². The van der Waals surface area contributed by atoms with Gasteiger partial charge >= 0.3 is 11.9 Å². The summed E-state index contributed by atoms with van der Waals surface area (Å²) in [7, 11) is 0. The Hall–Kier alpha value is -3.60. The third-order valence-corrected chi connectivity index (χ3v) is 5.09. The zero-order valence-electron chi connectivity index (χ0n) is 16.1. The molecule has 1 aromatic heterocycles. The molecule has 0 atom stereocenters. The molecule has 0 saturated heterocycles. The normalized spacial score (nSPS) is 12.5. The number of thiazole rings is 1. The molecule has 0 unspecified atom stereocenters. The maximum Gasteiger partial charge on any atom is 0.350 e. The van der Waals surface area contributed by atoms with Crippen LogP contribution in [0.4, 0.5) is 10.8 Å². The Balaban J connectivity index is 1.54. The zero-order chi connectivity index (χ0) is 21.8. The number of rotatable bonds is 7. The standard InChI is InChI=1S/C19H17N3O7S/c1-3-28-18(27)16-10(2)20-19(30-16)21-13(23)9-29-14(24)8-22-12-7-5-4-6-11(12)15(25)17(22)26/h4-7H,3,8-9H2,1-2H3,(H,20,21,23). The summed E-state index contributed by atoms with van der Waals surface area (Å²) < 4.78 is 9.79. The molecule has 0 saturated carbocycles. The number of benzene rings is 1. The Morgan fingerprint density at radius 2 is 1.90 bits per heavy atom. The predicted octanol–water partition coefficient (Wildman–Crippen LogP) is 1.34. The number of carbonyl (C=O) groups excluding carboxylic acids is 5. The number of amides is 2. The summed E-state index contributed by atoms with van der Waals surface area (Å²) in [6.07, 6.45) is 0. The van der Waals surface area contributed by atoms with Crippen LogP contribution in [0.3, 0.4) is 0 Å². The van der Waals surface area contributed by atoms with Crippen molar-refractivity contribution in [1.82, 2.24) is 4.98 Å². The van der Waals surface area contributed by atoms with Crippen molar-refractivity contribution in [3.05, 3.63) is 40.4 Å². The summed E-state index contributed by atoms with van der Waals surface area (Å²) >= 11 is 0.941. The van der Waals surface area contributed by atoms with E-state index in [0.29, 0.717) is 11.4 Å². The van der Waals surface area contributed by atoms with Gasteiger partial charge in [0.1, 0.15) is 11.4 Å². The Labute approximate surface area is 174 Å². The molecule has 2 aromatic rings. The number of hydrogen-bond acceptors (Lipinski definition) is 9. The maximum absolute atomic E-state index is 12.1. The average Bonchev–Trinajstić information content (AvgIpc) is 3.19. The van der Waals surface area contributed by atoms with Crippen molar-refractivity contribution in [3.8, 4) is 0 Å². The van der Waals surface area contributed by atoms with Gasteiger partial charge in [0.15, 0.2) is 11.7 Å². The number of nitrogens with one attached hydrogen (secondary N) is 1. The largest absolute Gasteiger partial charge is 0.462 e. The summed E-state index contributed by atoms with van der Waals surface area (Å²) in [6, 6.07) is 6.29. The number of carbonyl (C=O) groups is 5. The molecule has 0 radical (unpaired) electrons. The fourth-order valence-corrected chi connectivity index (χ4v) is 3.59. The number of para-hydroxylation sites is 1. The van der Waals surface area contributed by atoms with Crippen molar-refractivity contribution in [2.24, 2.45) is 0 Å². The van der Waals surface area contributed by atoms with Crippen LogP contribution >= 0.6 is 11.3 Å². The van der Waals surface area contributed by atoms with E-state index in [9.17, 15) is 24.0 Å². The second-order valence-electron chi connectivity index (χ2n) is 6.10. The van der Waals surface area contributed by atoms with Gasteiger partial charge in [0, 0.05) is 0 Å². The Bertz CT molecular complexity index is 1050. The minimum Gasteiger partial charge on any atom is -0.462 e. The van der Waals surface area contributed by atoms with Gasteiger partial charge in [-0.2, -0.15) is 0 Å². The first-order valence-corrected chi connectivity index (χ1v) is 9.68. The van der Waals surface area contributed by atoms with Gasteiger partial charge in [0.05, 0.1) is 23.6 Å². The number of aromatic nitrogens is 1. The summed E-state index contributed by atoms with van der Waals surface area (Å²) in [5.41, 5.74) is 0.935. The smallest absolute Gasteiger partial charge is 0.350 e. The molecule has 10 nitrogen and oxygen atoms in total. The van der Waals surface area contributed by atoms with Gasteiger partial charge in [0.25, 0.3) is 17.6 Å². The molecule has 11 heteroatoms. The summed E-state index contributed by atoms with van der Waals surface area (Å²) in [4.78, 5) is 65.2. The van der Waals surface area contributed by atoms with E-state index >= 15 is 0 Å². The Kier molecular flexibility index (Phi) is 6.21. The second-order valence-corrected chi connectivity index (χ2v) is 7.10. The number of esters is 2. The number of Topliss-reactive ketones (excluding diaryl/α,β-unsaturated/α-hetero) is 1. The van der Waals surface area contributed by atoms with E-state index in [0.717, 1.165) is 16.2 Å². The quantitative estimate of drug-likeness (QED) is 0.513. The molecule has 1 aromatic carbocycles. The van der Waals surface area contributed by atoms with E-state index in [2.05, 4.69) is 10.3 Å². The molecule has 0 fully saturated rings. The van der Waals surface area contributed by atoms with Crippen LogP contribution in [0, 0.1) is 6.92 Å². The predicted molar refractivity (Wildman–Crippen MR) is 106 cm³/mol.